The van der Waals surface area contributed by atoms with E-state index in [0.29, 0.717) is 11.6 Å². The highest BCUT2D eigenvalue weighted by Crippen LogP contribution is 2.39. The van der Waals surface area contributed by atoms with Crippen LogP contribution in [0.4, 0.5) is 4.79 Å². The molecule has 2 atom stereocenters. The highest BCUT2D eigenvalue weighted by Gasteiger charge is 2.36. The van der Waals surface area contributed by atoms with Crippen molar-refractivity contribution < 1.29 is 13.7 Å². The van der Waals surface area contributed by atoms with Gasteiger partial charge in [-0.2, -0.15) is 0 Å². The van der Waals surface area contributed by atoms with E-state index in [-0.39, 0.29) is 12.1 Å². The smallest absolute Gasteiger partial charge is 0.410 e. The van der Waals surface area contributed by atoms with Gasteiger partial charge in [0.25, 0.3) is 0 Å². The van der Waals surface area contributed by atoms with Gasteiger partial charge in [0.1, 0.15) is 5.82 Å². The molecule has 2 heterocycles. The second-order valence-corrected chi connectivity index (χ2v) is 16.7. The van der Waals surface area contributed by atoms with Crippen LogP contribution < -0.4 is 0 Å². The molecule has 0 radical (unpaired) electrons. The number of carbonyl (C=O) groups is 1. The molecule has 4 aromatic rings. The summed E-state index contributed by atoms with van der Waals surface area (Å²) < 4.78 is 19.8. The molecule has 0 N–H and O–H groups in total. The predicted octanol–water partition coefficient (Wildman–Crippen LogP) is 7.22. The zero-order valence-corrected chi connectivity index (χ0v) is 26.0. The lowest BCUT2D eigenvalue weighted by molar-refractivity contribution is 0.118. The summed E-state index contributed by atoms with van der Waals surface area (Å²) in [6.07, 6.45) is 5.17. The van der Waals surface area contributed by atoms with E-state index in [2.05, 4.69) is 51.1 Å². The Balaban J connectivity index is 1.60. The SMILES string of the molecule is COC(=O)N1CCCC1c1cn(-c2ccc(-c3cccc([SH](C)(=O)P)c3)cc2)c(C(C)(C)c2ccccc2Cl)n1. The molecule has 0 spiro atoms. The van der Waals surface area contributed by atoms with Crippen LogP contribution in [0.3, 0.4) is 0 Å². The van der Waals surface area contributed by atoms with Gasteiger partial charge >= 0.3 is 6.09 Å². The third-order valence-electron chi connectivity index (χ3n) is 7.67. The topological polar surface area (TPSA) is 64.4 Å². The number of halogens is 1. The van der Waals surface area contributed by atoms with Crippen molar-refractivity contribution in [2.24, 2.45) is 0 Å². The molecule has 9 heteroatoms. The Bertz CT molecular complexity index is 1600. The van der Waals surface area contributed by atoms with Gasteiger partial charge in [-0.3, -0.25) is 9.11 Å². The number of ether oxygens (including phenoxy) is 1. The van der Waals surface area contributed by atoms with Crippen LogP contribution in [0.25, 0.3) is 16.8 Å². The molecule has 0 saturated carbocycles. The largest absolute Gasteiger partial charge is 0.453 e. The lowest BCUT2D eigenvalue weighted by Gasteiger charge is -2.27. The van der Waals surface area contributed by atoms with Gasteiger partial charge in [0.15, 0.2) is 0 Å². The van der Waals surface area contributed by atoms with Crippen molar-refractivity contribution in [2.45, 2.75) is 43.0 Å². The van der Waals surface area contributed by atoms with Gasteiger partial charge in [0.05, 0.1) is 18.8 Å². The van der Waals surface area contributed by atoms with E-state index >= 15 is 0 Å². The van der Waals surface area contributed by atoms with Crippen LogP contribution in [-0.4, -0.2) is 44.7 Å². The number of thiol groups is 1. The van der Waals surface area contributed by atoms with Crippen LogP contribution >= 0.6 is 20.0 Å². The minimum atomic E-state index is -2.45. The average molecular weight is 596 g/mol. The van der Waals surface area contributed by atoms with Gasteiger partial charge in [0.2, 0.25) is 0 Å². The molecule has 1 fully saturated rings. The quantitative estimate of drug-likeness (QED) is 0.189. The van der Waals surface area contributed by atoms with E-state index in [1.807, 2.05) is 54.7 Å². The van der Waals surface area contributed by atoms with Crippen molar-refractivity contribution in [1.82, 2.24) is 14.5 Å². The standard InChI is InChI=1S/C31H35ClN3O3PS/c1-31(2,25-11-5-6-12-26(25)32)29-33-27(28-13-8-18-34(28)30(36)38-3)20-35(29)23-16-14-21(15-17-23)22-9-7-10-24(19-22)40(4,37)39/h5-7,9-12,14-17,19-20,28,40H,8,13,18,39H2,1-4H3. The molecule has 2 unspecified atom stereocenters. The molecule has 40 heavy (non-hydrogen) atoms. The highest BCUT2D eigenvalue weighted by atomic mass is 35.5. The molecule has 1 aliphatic rings. The number of carbonyl (C=O) groups excluding carboxylic acids is 1. The summed E-state index contributed by atoms with van der Waals surface area (Å²) in [6.45, 7) is 4.88. The minimum Gasteiger partial charge on any atom is -0.453 e. The van der Waals surface area contributed by atoms with Crippen molar-refractivity contribution in [3.8, 4) is 16.8 Å². The van der Waals surface area contributed by atoms with Gasteiger partial charge in [-0.25, -0.2) is 9.78 Å². The summed E-state index contributed by atoms with van der Waals surface area (Å²) in [5.41, 5.74) is 4.26. The number of methoxy groups -OCH3 is 1. The number of likely N-dealkylation sites (tertiary alicyclic amines) is 1. The van der Waals surface area contributed by atoms with Crippen molar-refractivity contribution in [3.63, 3.8) is 0 Å². The highest BCUT2D eigenvalue weighted by molar-refractivity contribution is 8.44. The molecule has 0 bridgehead atoms. The Labute approximate surface area is 244 Å². The van der Waals surface area contributed by atoms with Crippen LogP contribution in [0, 0.1) is 0 Å². The van der Waals surface area contributed by atoms with Crippen LogP contribution in [0.15, 0.2) is 83.9 Å². The fourth-order valence-corrected chi connectivity index (χ4v) is 7.10. The molecule has 3 aromatic carbocycles. The van der Waals surface area contributed by atoms with Gasteiger partial charge in [-0.1, -0.05) is 72.1 Å². The summed E-state index contributed by atoms with van der Waals surface area (Å²) in [7, 11) is 1.45. The van der Waals surface area contributed by atoms with Crippen LogP contribution in [0.2, 0.25) is 5.02 Å². The van der Waals surface area contributed by atoms with E-state index in [1.54, 1.807) is 11.2 Å². The molecule has 6 nitrogen and oxygen atoms in total. The Kier molecular flexibility index (Phi) is 7.93. The van der Waals surface area contributed by atoms with Crippen molar-refractivity contribution in [2.75, 3.05) is 19.9 Å². The summed E-state index contributed by atoms with van der Waals surface area (Å²) in [6, 6.07) is 23.8. The van der Waals surface area contributed by atoms with E-state index in [9.17, 15) is 9.00 Å². The maximum Gasteiger partial charge on any atom is 0.410 e. The lowest BCUT2D eigenvalue weighted by Crippen LogP contribution is -2.30. The van der Waals surface area contributed by atoms with Crippen molar-refractivity contribution in [3.05, 3.63) is 101 Å². The molecule has 0 aliphatic carbocycles. The normalized spacial score (nSPS) is 16.2. The van der Waals surface area contributed by atoms with Crippen molar-refractivity contribution in [1.29, 1.82) is 0 Å². The number of nitrogens with zero attached hydrogens (tertiary/aromatic N) is 3. The summed E-state index contributed by atoms with van der Waals surface area (Å²) in [4.78, 5) is 20.3. The second kappa shape index (κ2) is 11.1. The number of hydrogen-bond donors (Lipinski definition) is 1. The van der Waals surface area contributed by atoms with Gasteiger partial charge in [-0.05, 0) is 80.0 Å². The fraction of sp³-hybridized carbons (Fsp3) is 0.290. The average Bonchev–Trinajstić information content (AvgIpc) is 3.61. The number of benzene rings is 3. The number of hydrogen-bond acceptors (Lipinski definition) is 4. The predicted molar refractivity (Wildman–Crippen MR) is 167 cm³/mol. The Morgan fingerprint density at radius 3 is 2.48 bits per heavy atom. The first kappa shape index (κ1) is 28.5. The van der Waals surface area contributed by atoms with Crippen molar-refractivity contribution >= 4 is 35.7 Å². The molecule has 1 saturated heterocycles. The third kappa shape index (κ3) is 5.47. The summed E-state index contributed by atoms with van der Waals surface area (Å²) >= 11 is 6.68. The maximum absolute atomic E-state index is 12.6. The van der Waals surface area contributed by atoms with Gasteiger partial charge in [0, 0.05) is 33.8 Å². The number of rotatable bonds is 6. The van der Waals surface area contributed by atoms with E-state index in [1.165, 1.54) is 7.11 Å². The minimum absolute atomic E-state index is 0.159. The van der Waals surface area contributed by atoms with Crippen LogP contribution in [-0.2, 0) is 19.7 Å². The summed E-state index contributed by atoms with van der Waals surface area (Å²) in [5.74, 6) is 0.831. The molecule has 1 amide bonds. The first-order valence-electron chi connectivity index (χ1n) is 13.3. The molecule has 1 aliphatic heterocycles. The zero-order chi connectivity index (χ0) is 28.7. The Hall–Kier alpha value is -2.99. The van der Waals surface area contributed by atoms with E-state index in [0.717, 1.165) is 51.6 Å². The zero-order valence-electron chi connectivity index (χ0n) is 23.2. The Morgan fingerprint density at radius 1 is 1.07 bits per heavy atom. The van der Waals surface area contributed by atoms with E-state index < -0.39 is 15.0 Å². The second-order valence-electron chi connectivity index (χ2n) is 10.9. The fourth-order valence-electron chi connectivity index (χ4n) is 5.47. The van der Waals surface area contributed by atoms with Crippen LogP contribution in [0.5, 0.6) is 0 Å². The maximum atomic E-state index is 12.6. The van der Waals surface area contributed by atoms with E-state index in [4.69, 9.17) is 21.3 Å². The number of amides is 1. The van der Waals surface area contributed by atoms with Gasteiger partial charge in [-0.15, -0.1) is 0 Å². The number of aromatic nitrogens is 2. The molecule has 210 valence electrons. The first-order valence-corrected chi connectivity index (χ1v) is 17.4. The van der Waals surface area contributed by atoms with Crippen LogP contribution in [0.1, 0.15) is 49.8 Å². The lowest BCUT2D eigenvalue weighted by atomic mass is 9.83. The molecule has 1 aromatic heterocycles. The molecular formula is C31H35ClN3O3PS. The molecule has 5 rings (SSSR count). The summed E-state index contributed by atoms with van der Waals surface area (Å²) in [5, 5.41) is 0.679. The van der Waals surface area contributed by atoms with Gasteiger partial charge < -0.3 is 9.30 Å². The Morgan fingerprint density at radius 2 is 1.80 bits per heavy atom. The number of imidazole rings is 1. The third-order valence-corrected chi connectivity index (χ3v) is 10.2. The molecular weight excluding hydrogens is 561 g/mol. The monoisotopic (exact) mass is 595 g/mol. The first-order chi connectivity index (χ1) is 19.0.